The van der Waals surface area contributed by atoms with Crippen LogP contribution in [0.5, 0.6) is 11.5 Å². The summed E-state index contributed by atoms with van der Waals surface area (Å²) in [5.74, 6) is -0.407. The molecule has 0 aliphatic carbocycles. The van der Waals surface area contributed by atoms with Gasteiger partial charge >= 0.3 is 0 Å². The maximum Gasteiger partial charge on any atom is 0.255 e. The first-order valence-electron chi connectivity index (χ1n) is 4.88. The molecule has 1 aromatic carbocycles. The topological polar surface area (TPSA) is 78.8 Å². The van der Waals surface area contributed by atoms with Crippen LogP contribution in [-0.4, -0.2) is 35.9 Å². The number of hydrogen-bond donors (Lipinski definition) is 3. The van der Waals surface area contributed by atoms with Gasteiger partial charge in [-0.1, -0.05) is 6.07 Å². The third kappa shape index (κ3) is 2.87. The van der Waals surface area contributed by atoms with Crippen molar-refractivity contribution in [1.82, 2.24) is 5.32 Å². The van der Waals surface area contributed by atoms with E-state index in [0.29, 0.717) is 0 Å². The van der Waals surface area contributed by atoms with Gasteiger partial charge in [-0.15, -0.1) is 0 Å². The molecule has 0 aliphatic heterocycles. The molecular weight excluding hydrogens is 210 g/mol. The molecule has 0 saturated carbocycles. The van der Waals surface area contributed by atoms with Gasteiger partial charge in [0.05, 0.1) is 18.8 Å². The number of para-hydroxylation sites is 1. The van der Waals surface area contributed by atoms with Crippen LogP contribution in [0, 0.1) is 0 Å². The average Bonchev–Trinajstić information content (AvgIpc) is 2.26. The van der Waals surface area contributed by atoms with Crippen LogP contribution in [-0.2, 0) is 0 Å². The fraction of sp³-hybridized carbons (Fsp3) is 0.364. The molecule has 1 rings (SSSR count). The fourth-order valence-electron chi connectivity index (χ4n) is 1.21. The van der Waals surface area contributed by atoms with Gasteiger partial charge < -0.3 is 20.3 Å². The highest BCUT2D eigenvalue weighted by Gasteiger charge is 2.14. The first kappa shape index (κ1) is 12.3. The number of phenolic OH excluding ortho intramolecular Hbond substituents is 1. The molecule has 0 unspecified atom stereocenters. The Morgan fingerprint density at radius 1 is 1.56 bits per heavy atom. The van der Waals surface area contributed by atoms with E-state index in [9.17, 15) is 9.90 Å². The summed E-state index contributed by atoms with van der Waals surface area (Å²) >= 11 is 0. The quantitative estimate of drug-likeness (QED) is 0.697. The van der Waals surface area contributed by atoms with Gasteiger partial charge in [0.25, 0.3) is 5.91 Å². The minimum atomic E-state index is -0.628. The molecule has 0 heterocycles. The highest BCUT2D eigenvalue weighted by molar-refractivity contribution is 5.97. The number of carbonyl (C=O) groups excluding carboxylic acids is 1. The summed E-state index contributed by atoms with van der Waals surface area (Å²) in [5, 5.41) is 21.2. The van der Waals surface area contributed by atoms with Crippen molar-refractivity contribution in [3.8, 4) is 11.5 Å². The molecule has 0 fully saturated rings. The molecule has 1 aromatic rings. The second-order valence-corrected chi connectivity index (χ2v) is 3.42. The van der Waals surface area contributed by atoms with Crippen LogP contribution in [0.4, 0.5) is 0 Å². The smallest absolute Gasteiger partial charge is 0.255 e. The Bertz CT molecular complexity index is 376. The molecule has 0 aromatic heterocycles. The Morgan fingerprint density at radius 2 is 2.25 bits per heavy atom. The number of hydrogen-bond acceptors (Lipinski definition) is 4. The van der Waals surface area contributed by atoms with E-state index in [2.05, 4.69) is 5.32 Å². The van der Waals surface area contributed by atoms with Gasteiger partial charge in [-0.2, -0.15) is 0 Å². The average molecular weight is 225 g/mol. The lowest BCUT2D eigenvalue weighted by Gasteiger charge is -2.10. The van der Waals surface area contributed by atoms with E-state index in [1.165, 1.54) is 13.2 Å². The first-order chi connectivity index (χ1) is 7.56. The second kappa shape index (κ2) is 5.37. The van der Waals surface area contributed by atoms with E-state index < -0.39 is 12.0 Å². The van der Waals surface area contributed by atoms with E-state index in [1.807, 2.05) is 0 Å². The standard InChI is InChI=1S/C11H15NO4/c1-7(13)6-12-11(15)8-4-3-5-9(16-2)10(8)14/h3-5,7,13-14H,6H2,1-2H3,(H,12,15)/t7-/m1/s1. The van der Waals surface area contributed by atoms with Crippen molar-refractivity contribution in [2.45, 2.75) is 13.0 Å². The van der Waals surface area contributed by atoms with Crippen LogP contribution in [0.2, 0.25) is 0 Å². The minimum Gasteiger partial charge on any atom is -0.504 e. The van der Waals surface area contributed by atoms with Crippen molar-refractivity contribution in [3.05, 3.63) is 23.8 Å². The lowest BCUT2D eigenvalue weighted by Crippen LogP contribution is -2.30. The number of aliphatic hydroxyl groups excluding tert-OH is 1. The number of aliphatic hydroxyl groups is 1. The lowest BCUT2D eigenvalue weighted by molar-refractivity contribution is 0.0920. The highest BCUT2D eigenvalue weighted by Crippen LogP contribution is 2.28. The van der Waals surface area contributed by atoms with Gasteiger partial charge in [-0.3, -0.25) is 4.79 Å². The van der Waals surface area contributed by atoms with Crippen molar-refractivity contribution in [2.75, 3.05) is 13.7 Å². The zero-order valence-electron chi connectivity index (χ0n) is 9.23. The molecule has 0 aliphatic rings. The number of methoxy groups -OCH3 is 1. The zero-order valence-corrected chi connectivity index (χ0v) is 9.23. The second-order valence-electron chi connectivity index (χ2n) is 3.42. The normalized spacial score (nSPS) is 11.9. The molecule has 16 heavy (non-hydrogen) atoms. The van der Waals surface area contributed by atoms with Gasteiger partial charge in [-0.05, 0) is 19.1 Å². The first-order valence-corrected chi connectivity index (χ1v) is 4.88. The molecule has 0 bridgehead atoms. The molecule has 0 radical (unpaired) electrons. The molecule has 5 heteroatoms. The Morgan fingerprint density at radius 3 is 2.81 bits per heavy atom. The highest BCUT2D eigenvalue weighted by atomic mass is 16.5. The summed E-state index contributed by atoms with van der Waals surface area (Å²) in [6.45, 7) is 1.70. The van der Waals surface area contributed by atoms with Crippen molar-refractivity contribution < 1.29 is 19.7 Å². The number of rotatable bonds is 4. The van der Waals surface area contributed by atoms with Gasteiger partial charge in [-0.25, -0.2) is 0 Å². The molecule has 5 nitrogen and oxygen atoms in total. The van der Waals surface area contributed by atoms with Crippen LogP contribution in [0.15, 0.2) is 18.2 Å². The van der Waals surface area contributed by atoms with Crippen molar-refractivity contribution >= 4 is 5.91 Å². The summed E-state index contributed by atoms with van der Waals surface area (Å²) < 4.78 is 4.88. The molecule has 1 amide bonds. The Balaban J connectivity index is 2.83. The third-order valence-electron chi connectivity index (χ3n) is 2.02. The Kier molecular flexibility index (Phi) is 4.13. The van der Waals surface area contributed by atoms with Crippen molar-refractivity contribution in [2.24, 2.45) is 0 Å². The van der Waals surface area contributed by atoms with E-state index in [1.54, 1.807) is 19.1 Å². The molecule has 0 saturated heterocycles. The van der Waals surface area contributed by atoms with Gasteiger partial charge in [0.15, 0.2) is 11.5 Å². The third-order valence-corrected chi connectivity index (χ3v) is 2.02. The number of ether oxygens (including phenoxy) is 1. The van der Waals surface area contributed by atoms with Crippen LogP contribution in [0.1, 0.15) is 17.3 Å². The maximum absolute atomic E-state index is 11.6. The van der Waals surface area contributed by atoms with Gasteiger partial charge in [0.1, 0.15) is 0 Å². The van der Waals surface area contributed by atoms with Crippen LogP contribution in [0.3, 0.4) is 0 Å². The molecule has 3 N–H and O–H groups in total. The summed E-state index contributed by atoms with van der Waals surface area (Å²) in [5.41, 5.74) is 0.125. The zero-order chi connectivity index (χ0) is 12.1. The summed E-state index contributed by atoms with van der Waals surface area (Å²) in [6, 6.07) is 4.64. The van der Waals surface area contributed by atoms with E-state index in [0.717, 1.165) is 0 Å². The van der Waals surface area contributed by atoms with E-state index in [-0.39, 0.29) is 23.6 Å². The van der Waals surface area contributed by atoms with Gasteiger partial charge in [0.2, 0.25) is 0 Å². The SMILES string of the molecule is COc1cccc(C(=O)NC[C@@H](C)O)c1O. The minimum absolute atomic E-state index is 0.125. The maximum atomic E-state index is 11.6. The van der Waals surface area contributed by atoms with Crippen LogP contribution in [0.25, 0.3) is 0 Å². The Hall–Kier alpha value is -1.75. The molecule has 88 valence electrons. The fourth-order valence-corrected chi connectivity index (χ4v) is 1.21. The van der Waals surface area contributed by atoms with Crippen LogP contribution < -0.4 is 10.1 Å². The predicted octanol–water partition coefficient (Wildman–Crippen LogP) is 0.511. The largest absolute Gasteiger partial charge is 0.504 e. The number of carbonyl (C=O) groups is 1. The number of phenols is 1. The number of amides is 1. The Labute approximate surface area is 93.7 Å². The number of nitrogens with one attached hydrogen (secondary N) is 1. The molecule has 0 spiro atoms. The van der Waals surface area contributed by atoms with Crippen LogP contribution >= 0.6 is 0 Å². The summed E-state index contributed by atoms with van der Waals surface area (Å²) in [6.07, 6.45) is -0.628. The predicted molar refractivity (Wildman–Crippen MR) is 58.7 cm³/mol. The molecular formula is C11H15NO4. The van der Waals surface area contributed by atoms with E-state index in [4.69, 9.17) is 9.84 Å². The monoisotopic (exact) mass is 225 g/mol. The summed E-state index contributed by atoms with van der Waals surface area (Å²) in [4.78, 5) is 11.6. The van der Waals surface area contributed by atoms with E-state index >= 15 is 0 Å². The molecule has 1 atom stereocenters. The van der Waals surface area contributed by atoms with Crippen molar-refractivity contribution in [3.63, 3.8) is 0 Å². The van der Waals surface area contributed by atoms with Crippen molar-refractivity contribution in [1.29, 1.82) is 0 Å². The number of aromatic hydroxyl groups is 1. The lowest BCUT2D eigenvalue weighted by atomic mass is 10.1. The number of benzene rings is 1. The van der Waals surface area contributed by atoms with Gasteiger partial charge in [0, 0.05) is 6.54 Å². The summed E-state index contributed by atoms with van der Waals surface area (Å²) in [7, 11) is 1.41.